The molecule has 0 aromatic rings. The molecule has 0 aliphatic carbocycles. The summed E-state index contributed by atoms with van der Waals surface area (Å²) in [5.41, 5.74) is -0.532. The van der Waals surface area contributed by atoms with Crippen molar-refractivity contribution in [2.75, 3.05) is 31.0 Å². The van der Waals surface area contributed by atoms with Gasteiger partial charge in [0.2, 0.25) is 0 Å². The Hall–Kier alpha value is 0.540. The van der Waals surface area contributed by atoms with Crippen LogP contribution < -0.4 is 0 Å². The average Bonchev–Trinajstić information content (AvgIpc) is 1.98. The third-order valence-corrected chi connectivity index (χ3v) is 4.56. The van der Waals surface area contributed by atoms with E-state index < -0.39 is 12.7 Å². The zero-order chi connectivity index (χ0) is 11.9. The smallest absolute Gasteiger partial charge is 0.0819 e. The Morgan fingerprint density at radius 1 is 1.20 bits per heavy atom. The lowest BCUT2D eigenvalue weighted by Crippen LogP contribution is -2.19. The summed E-state index contributed by atoms with van der Waals surface area (Å²) in [5, 5.41) is 9.48. The van der Waals surface area contributed by atoms with Crippen molar-refractivity contribution in [2.24, 2.45) is 0 Å². The summed E-state index contributed by atoms with van der Waals surface area (Å²) >= 11 is 1.88. The van der Waals surface area contributed by atoms with E-state index in [1.165, 1.54) is 0 Å². The molecule has 0 saturated carbocycles. The predicted molar refractivity (Wildman–Crippen MR) is 71.8 cm³/mol. The van der Waals surface area contributed by atoms with Gasteiger partial charge < -0.3 is 9.67 Å². The van der Waals surface area contributed by atoms with Crippen molar-refractivity contribution in [2.45, 2.75) is 38.7 Å². The molecule has 0 radical (unpaired) electrons. The lowest BCUT2D eigenvalue weighted by Gasteiger charge is -2.16. The molecule has 1 N–H and O–H groups in total. The second-order valence-electron chi connectivity index (χ2n) is 5.18. The van der Waals surface area contributed by atoms with E-state index in [2.05, 4.69) is 0 Å². The molecule has 0 aromatic heterocycles. The monoisotopic (exact) mass is 252 g/mol. The summed E-state index contributed by atoms with van der Waals surface area (Å²) < 4.78 is 11.4. The molecule has 0 rings (SSSR count). The third-order valence-electron chi connectivity index (χ3n) is 2.09. The normalized spacial score (nSPS) is 13.1. The summed E-state index contributed by atoms with van der Waals surface area (Å²) in [5.74, 6) is 2.13. The maximum absolute atomic E-state index is 11.4. The molecule has 0 saturated heterocycles. The van der Waals surface area contributed by atoms with E-state index in [1.807, 2.05) is 38.9 Å². The Morgan fingerprint density at radius 3 is 2.27 bits per heavy atom. The Bertz CT molecular complexity index is 205. The number of hydrogen-bond donors (Lipinski definition) is 1. The van der Waals surface area contributed by atoms with Crippen LogP contribution in [-0.2, 0) is 4.57 Å². The van der Waals surface area contributed by atoms with Crippen LogP contribution in [0.5, 0.6) is 0 Å². The zero-order valence-corrected chi connectivity index (χ0v) is 12.2. The standard InChI is InChI=1S/C11H25O2PS/c1-11(2,12)7-10-15-9-6-5-8-14(3,4)13/h12H,5-10H2,1-4H3. The second kappa shape index (κ2) is 6.98. The first-order valence-corrected chi connectivity index (χ1v) is 9.49. The molecule has 0 fully saturated rings. The van der Waals surface area contributed by atoms with Gasteiger partial charge in [-0.25, -0.2) is 0 Å². The Kier molecular flexibility index (Phi) is 7.23. The van der Waals surface area contributed by atoms with Crippen LogP contribution in [0.1, 0.15) is 33.1 Å². The van der Waals surface area contributed by atoms with Crippen molar-refractivity contribution in [3.8, 4) is 0 Å². The van der Waals surface area contributed by atoms with Gasteiger partial charge in [0.15, 0.2) is 0 Å². The van der Waals surface area contributed by atoms with E-state index in [9.17, 15) is 9.67 Å². The summed E-state index contributed by atoms with van der Waals surface area (Å²) in [4.78, 5) is 0. The molecule has 0 aromatic carbocycles. The van der Waals surface area contributed by atoms with Gasteiger partial charge in [-0.15, -0.1) is 0 Å². The second-order valence-corrected chi connectivity index (χ2v) is 10.00. The molecule has 0 atom stereocenters. The van der Waals surface area contributed by atoms with Gasteiger partial charge in [0.1, 0.15) is 0 Å². The summed E-state index contributed by atoms with van der Waals surface area (Å²) in [6.07, 6.45) is 3.93. The number of aliphatic hydroxyl groups is 1. The number of thioether (sulfide) groups is 1. The van der Waals surface area contributed by atoms with Crippen molar-refractivity contribution in [1.29, 1.82) is 0 Å². The molecule has 0 spiro atoms. The highest BCUT2D eigenvalue weighted by atomic mass is 32.2. The quantitative estimate of drug-likeness (QED) is 0.532. The van der Waals surface area contributed by atoms with Crippen LogP contribution >= 0.6 is 18.9 Å². The van der Waals surface area contributed by atoms with Gasteiger partial charge in [0.05, 0.1) is 12.7 Å². The number of rotatable bonds is 8. The van der Waals surface area contributed by atoms with Gasteiger partial charge in [-0.3, -0.25) is 0 Å². The minimum atomic E-state index is -1.80. The lowest BCUT2D eigenvalue weighted by molar-refractivity contribution is 0.0777. The minimum absolute atomic E-state index is 0.532. The van der Waals surface area contributed by atoms with Crippen LogP contribution in [0.25, 0.3) is 0 Å². The van der Waals surface area contributed by atoms with Gasteiger partial charge in [0.25, 0.3) is 0 Å². The van der Waals surface area contributed by atoms with Crippen LogP contribution in [0, 0.1) is 0 Å². The number of hydrogen-bond acceptors (Lipinski definition) is 3. The van der Waals surface area contributed by atoms with Gasteiger partial charge in [-0.1, -0.05) is 0 Å². The average molecular weight is 252 g/mol. The molecule has 0 amide bonds. The fraction of sp³-hybridized carbons (Fsp3) is 1.00. The molecular formula is C11H25O2PS. The van der Waals surface area contributed by atoms with E-state index in [1.54, 1.807) is 0 Å². The van der Waals surface area contributed by atoms with Crippen LogP contribution in [0.4, 0.5) is 0 Å². The van der Waals surface area contributed by atoms with Crippen LogP contribution in [0.15, 0.2) is 0 Å². The van der Waals surface area contributed by atoms with E-state index in [-0.39, 0.29) is 0 Å². The third kappa shape index (κ3) is 14.5. The molecule has 0 heterocycles. The Balaban J connectivity index is 3.23. The fourth-order valence-electron chi connectivity index (χ4n) is 1.12. The highest BCUT2D eigenvalue weighted by molar-refractivity contribution is 7.99. The van der Waals surface area contributed by atoms with Gasteiger partial charge >= 0.3 is 0 Å². The topological polar surface area (TPSA) is 37.3 Å². The highest BCUT2D eigenvalue weighted by Crippen LogP contribution is 2.36. The van der Waals surface area contributed by atoms with Gasteiger partial charge in [0, 0.05) is 6.16 Å². The Morgan fingerprint density at radius 2 is 1.80 bits per heavy atom. The molecule has 92 valence electrons. The summed E-state index contributed by atoms with van der Waals surface area (Å²) in [7, 11) is -1.80. The first-order valence-electron chi connectivity index (χ1n) is 5.55. The highest BCUT2D eigenvalue weighted by Gasteiger charge is 2.11. The predicted octanol–water partition coefficient (Wildman–Crippen LogP) is 3.28. The van der Waals surface area contributed by atoms with E-state index in [0.717, 1.165) is 36.9 Å². The van der Waals surface area contributed by atoms with Crippen molar-refractivity contribution in [3.63, 3.8) is 0 Å². The largest absolute Gasteiger partial charge is 0.390 e. The van der Waals surface area contributed by atoms with Crippen LogP contribution in [0.2, 0.25) is 0 Å². The molecule has 15 heavy (non-hydrogen) atoms. The van der Waals surface area contributed by atoms with Crippen molar-refractivity contribution in [1.82, 2.24) is 0 Å². The first kappa shape index (κ1) is 15.5. The van der Waals surface area contributed by atoms with E-state index >= 15 is 0 Å². The summed E-state index contributed by atoms with van der Waals surface area (Å²) in [6.45, 7) is 7.40. The van der Waals surface area contributed by atoms with Crippen molar-refractivity contribution >= 4 is 18.9 Å². The molecule has 0 aliphatic rings. The van der Waals surface area contributed by atoms with Crippen molar-refractivity contribution in [3.05, 3.63) is 0 Å². The van der Waals surface area contributed by atoms with Crippen LogP contribution in [0.3, 0.4) is 0 Å². The lowest BCUT2D eigenvalue weighted by atomic mass is 10.1. The molecule has 2 nitrogen and oxygen atoms in total. The van der Waals surface area contributed by atoms with Crippen molar-refractivity contribution < 1.29 is 9.67 Å². The molecular weight excluding hydrogens is 227 g/mol. The molecule has 0 bridgehead atoms. The first-order chi connectivity index (χ1) is 6.71. The Labute approximate surface area is 98.6 Å². The fourth-order valence-corrected chi connectivity index (χ4v) is 3.36. The molecule has 0 unspecified atom stereocenters. The molecule has 4 heteroatoms. The maximum atomic E-state index is 11.4. The van der Waals surface area contributed by atoms with Gasteiger partial charge in [-0.2, -0.15) is 11.8 Å². The number of unbranched alkanes of at least 4 members (excludes halogenated alkanes) is 1. The van der Waals surface area contributed by atoms with E-state index in [4.69, 9.17) is 0 Å². The van der Waals surface area contributed by atoms with E-state index in [0.29, 0.717) is 0 Å². The maximum Gasteiger partial charge on any atom is 0.0819 e. The SMILES string of the molecule is CC(C)(O)CCSCCCCP(C)(C)=O. The summed E-state index contributed by atoms with van der Waals surface area (Å²) in [6, 6.07) is 0. The molecule has 0 aliphatic heterocycles. The minimum Gasteiger partial charge on any atom is -0.390 e. The van der Waals surface area contributed by atoms with Gasteiger partial charge in [-0.05, 0) is 57.9 Å². The van der Waals surface area contributed by atoms with Crippen LogP contribution in [-0.4, -0.2) is 41.7 Å². The zero-order valence-electron chi connectivity index (χ0n) is 10.5.